The predicted molar refractivity (Wildman–Crippen MR) is 66.7 cm³/mol. The molecule has 0 heterocycles. The Morgan fingerprint density at radius 2 is 1.83 bits per heavy atom. The number of primary amides is 1. The first-order chi connectivity index (χ1) is 8.29. The van der Waals surface area contributed by atoms with Gasteiger partial charge in [-0.05, 0) is 12.8 Å². The molecule has 0 aliphatic rings. The van der Waals surface area contributed by atoms with Crippen molar-refractivity contribution in [3.05, 3.63) is 0 Å². The molecule has 0 saturated heterocycles. The molecule has 0 fully saturated rings. The van der Waals surface area contributed by atoms with Crippen molar-refractivity contribution in [3.8, 4) is 0 Å². The average Bonchev–Trinajstić information content (AvgIpc) is 2.34. The van der Waals surface area contributed by atoms with Gasteiger partial charge in [-0.2, -0.15) is 0 Å². The number of nitrogens with one attached hydrogen (secondary N) is 2. The fraction of sp³-hybridized carbons (Fsp3) is 0.818. The van der Waals surface area contributed by atoms with Crippen molar-refractivity contribution in [2.45, 2.75) is 38.8 Å². The lowest BCUT2D eigenvalue weighted by atomic mass is 9.96. The lowest BCUT2D eigenvalue weighted by Crippen LogP contribution is -2.59. The topological polar surface area (TPSA) is 125 Å². The first kappa shape index (κ1) is 16.7. The summed E-state index contributed by atoms with van der Waals surface area (Å²) >= 11 is 0. The van der Waals surface area contributed by atoms with Crippen LogP contribution in [0.1, 0.15) is 27.2 Å². The van der Waals surface area contributed by atoms with Crippen LogP contribution in [0.2, 0.25) is 0 Å². The third-order valence-corrected chi connectivity index (χ3v) is 2.92. The van der Waals surface area contributed by atoms with Crippen molar-refractivity contribution < 1.29 is 19.8 Å². The maximum atomic E-state index is 12.0. The van der Waals surface area contributed by atoms with Gasteiger partial charge in [0.05, 0.1) is 18.8 Å². The summed E-state index contributed by atoms with van der Waals surface area (Å²) in [6, 6.07) is -1.57. The summed E-state index contributed by atoms with van der Waals surface area (Å²) in [6.45, 7) is 4.38. The zero-order valence-corrected chi connectivity index (χ0v) is 11.1. The van der Waals surface area contributed by atoms with Gasteiger partial charge in [-0.15, -0.1) is 0 Å². The van der Waals surface area contributed by atoms with E-state index >= 15 is 0 Å². The van der Waals surface area contributed by atoms with Gasteiger partial charge >= 0.3 is 6.03 Å². The van der Waals surface area contributed by atoms with Gasteiger partial charge in [0.15, 0.2) is 0 Å². The first-order valence-corrected chi connectivity index (χ1v) is 5.89. The fourth-order valence-corrected chi connectivity index (χ4v) is 1.36. The van der Waals surface area contributed by atoms with Crippen molar-refractivity contribution >= 4 is 11.9 Å². The number of rotatable bonds is 7. The minimum Gasteiger partial charge on any atom is -0.394 e. The molecule has 2 atom stereocenters. The van der Waals surface area contributed by atoms with E-state index in [1.807, 2.05) is 6.92 Å². The van der Waals surface area contributed by atoms with Crippen LogP contribution >= 0.6 is 0 Å². The maximum absolute atomic E-state index is 12.0. The van der Waals surface area contributed by atoms with Gasteiger partial charge in [-0.3, -0.25) is 4.79 Å². The molecule has 3 amide bonds. The Bertz CT molecular complexity index is 292. The fourth-order valence-electron chi connectivity index (χ4n) is 1.36. The normalized spacial score (nSPS) is 14.7. The lowest BCUT2D eigenvalue weighted by Gasteiger charge is -2.30. The number of carbonyl (C=O) groups excluding carboxylic acids is 2. The van der Waals surface area contributed by atoms with E-state index in [1.165, 1.54) is 6.92 Å². The molecule has 0 bridgehead atoms. The molecule has 0 aliphatic heterocycles. The molecule has 18 heavy (non-hydrogen) atoms. The standard InChI is InChI=1S/C11H23N3O4/c1-4-7(2)8(13-10(12)18)9(17)14-11(3,5-15)6-16/h7-8,15-16H,4-6H2,1-3H3,(H,14,17)(H3,12,13,18). The van der Waals surface area contributed by atoms with Gasteiger partial charge in [0.25, 0.3) is 0 Å². The highest BCUT2D eigenvalue weighted by atomic mass is 16.3. The summed E-state index contributed by atoms with van der Waals surface area (Å²) in [5.74, 6) is -0.590. The zero-order valence-electron chi connectivity index (χ0n) is 11.1. The lowest BCUT2D eigenvalue weighted by molar-refractivity contribution is -0.127. The maximum Gasteiger partial charge on any atom is 0.312 e. The molecule has 0 aromatic heterocycles. The Labute approximate surface area is 107 Å². The quantitative estimate of drug-likeness (QED) is 0.400. The average molecular weight is 261 g/mol. The van der Waals surface area contributed by atoms with E-state index in [0.717, 1.165) is 0 Å². The van der Waals surface area contributed by atoms with Crippen LogP contribution in [0, 0.1) is 5.92 Å². The number of aliphatic hydroxyl groups excluding tert-OH is 2. The second-order valence-electron chi connectivity index (χ2n) is 4.74. The summed E-state index contributed by atoms with van der Waals surface area (Å²) in [5, 5.41) is 23.1. The van der Waals surface area contributed by atoms with Gasteiger partial charge in [0.2, 0.25) is 5.91 Å². The monoisotopic (exact) mass is 261 g/mol. The van der Waals surface area contributed by atoms with Crippen LogP contribution in [0.3, 0.4) is 0 Å². The van der Waals surface area contributed by atoms with Crippen molar-refractivity contribution in [2.24, 2.45) is 11.7 Å². The molecule has 0 aliphatic carbocycles. The third-order valence-electron chi connectivity index (χ3n) is 2.92. The van der Waals surface area contributed by atoms with Crippen molar-refractivity contribution in [3.63, 3.8) is 0 Å². The second kappa shape index (κ2) is 7.17. The van der Waals surface area contributed by atoms with Gasteiger partial charge < -0.3 is 26.6 Å². The number of nitrogens with two attached hydrogens (primary N) is 1. The largest absolute Gasteiger partial charge is 0.394 e. The van der Waals surface area contributed by atoms with E-state index in [0.29, 0.717) is 6.42 Å². The highest BCUT2D eigenvalue weighted by Gasteiger charge is 2.31. The number of hydrogen-bond donors (Lipinski definition) is 5. The molecule has 0 aromatic rings. The van der Waals surface area contributed by atoms with Gasteiger partial charge in [0.1, 0.15) is 6.04 Å². The Morgan fingerprint density at radius 3 is 2.17 bits per heavy atom. The van der Waals surface area contributed by atoms with E-state index in [1.54, 1.807) is 6.92 Å². The Balaban J connectivity index is 4.80. The minimum atomic E-state index is -1.12. The van der Waals surface area contributed by atoms with E-state index in [9.17, 15) is 9.59 Å². The molecule has 0 radical (unpaired) electrons. The molecule has 0 saturated carbocycles. The number of carbonyl (C=O) groups is 2. The Kier molecular flexibility index (Phi) is 6.64. The van der Waals surface area contributed by atoms with E-state index in [4.69, 9.17) is 15.9 Å². The van der Waals surface area contributed by atoms with Crippen LogP contribution in [-0.4, -0.2) is 46.9 Å². The van der Waals surface area contributed by atoms with Crippen molar-refractivity contribution in [2.75, 3.05) is 13.2 Å². The third kappa shape index (κ3) is 4.89. The highest BCUT2D eigenvalue weighted by Crippen LogP contribution is 2.10. The van der Waals surface area contributed by atoms with Crippen molar-refractivity contribution in [1.29, 1.82) is 0 Å². The molecule has 2 unspecified atom stereocenters. The van der Waals surface area contributed by atoms with E-state index in [-0.39, 0.29) is 5.92 Å². The zero-order chi connectivity index (χ0) is 14.3. The van der Waals surface area contributed by atoms with E-state index < -0.39 is 36.7 Å². The van der Waals surface area contributed by atoms with Crippen molar-refractivity contribution in [1.82, 2.24) is 10.6 Å². The summed E-state index contributed by atoms with van der Waals surface area (Å²) in [4.78, 5) is 22.9. The first-order valence-electron chi connectivity index (χ1n) is 5.89. The van der Waals surface area contributed by atoms with Gasteiger partial charge in [-0.1, -0.05) is 20.3 Å². The molecule has 0 aromatic carbocycles. The Hall–Kier alpha value is -1.34. The SMILES string of the molecule is CCC(C)C(NC(N)=O)C(=O)NC(C)(CO)CO. The summed E-state index contributed by atoms with van der Waals surface area (Å²) in [7, 11) is 0. The highest BCUT2D eigenvalue weighted by molar-refractivity contribution is 5.87. The smallest absolute Gasteiger partial charge is 0.312 e. The molecule has 106 valence electrons. The summed E-state index contributed by atoms with van der Waals surface area (Å²) in [5.41, 5.74) is 3.90. The van der Waals surface area contributed by atoms with Crippen LogP contribution in [0.15, 0.2) is 0 Å². The summed E-state index contributed by atoms with van der Waals surface area (Å²) in [6.07, 6.45) is 0.674. The number of urea groups is 1. The Morgan fingerprint density at radius 1 is 1.33 bits per heavy atom. The molecule has 0 spiro atoms. The van der Waals surface area contributed by atoms with Crippen LogP contribution in [0.4, 0.5) is 4.79 Å². The number of aliphatic hydroxyl groups is 2. The van der Waals surface area contributed by atoms with Crippen LogP contribution in [0.25, 0.3) is 0 Å². The summed E-state index contributed by atoms with van der Waals surface area (Å²) < 4.78 is 0. The van der Waals surface area contributed by atoms with Crippen LogP contribution in [-0.2, 0) is 4.79 Å². The molecule has 7 heteroatoms. The molecular weight excluding hydrogens is 238 g/mol. The molecule has 0 rings (SSSR count). The molecule has 7 nitrogen and oxygen atoms in total. The van der Waals surface area contributed by atoms with Gasteiger partial charge in [0, 0.05) is 0 Å². The molecular formula is C11H23N3O4. The number of amides is 3. The van der Waals surface area contributed by atoms with Crippen LogP contribution < -0.4 is 16.4 Å². The van der Waals surface area contributed by atoms with Gasteiger partial charge in [-0.25, -0.2) is 4.79 Å². The predicted octanol–water partition coefficient (Wildman–Crippen LogP) is -1.07. The molecule has 6 N–H and O–H groups in total. The van der Waals surface area contributed by atoms with E-state index in [2.05, 4.69) is 10.6 Å². The minimum absolute atomic E-state index is 0.112. The number of hydrogen-bond acceptors (Lipinski definition) is 4. The second-order valence-corrected chi connectivity index (χ2v) is 4.74. The van der Waals surface area contributed by atoms with Crippen LogP contribution in [0.5, 0.6) is 0 Å².